The SMILES string of the molecule is O=CC1=CCC(O)C2CCCC12. The van der Waals surface area contributed by atoms with Crippen LogP contribution in [0.15, 0.2) is 11.6 Å². The standard InChI is InChI=1S/C10H14O2/c11-6-7-4-5-10(12)9-3-1-2-8(7)9/h4,6,8-10,12H,1-3,5H2. The fourth-order valence-corrected chi connectivity index (χ4v) is 2.58. The van der Waals surface area contributed by atoms with Gasteiger partial charge < -0.3 is 5.11 Å². The van der Waals surface area contributed by atoms with Crippen molar-refractivity contribution in [3.8, 4) is 0 Å². The molecule has 0 bridgehead atoms. The molecule has 3 atom stereocenters. The molecule has 0 aromatic rings. The van der Waals surface area contributed by atoms with Crippen LogP contribution in [-0.2, 0) is 4.79 Å². The number of aldehydes is 1. The predicted molar refractivity (Wildman–Crippen MR) is 45.6 cm³/mol. The van der Waals surface area contributed by atoms with E-state index in [0.29, 0.717) is 18.3 Å². The van der Waals surface area contributed by atoms with Crippen molar-refractivity contribution in [2.24, 2.45) is 11.8 Å². The molecule has 0 heterocycles. The van der Waals surface area contributed by atoms with Crippen molar-refractivity contribution in [3.63, 3.8) is 0 Å². The van der Waals surface area contributed by atoms with Crippen LogP contribution in [0, 0.1) is 11.8 Å². The summed E-state index contributed by atoms with van der Waals surface area (Å²) in [7, 11) is 0. The van der Waals surface area contributed by atoms with Gasteiger partial charge in [-0.1, -0.05) is 12.5 Å². The number of aliphatic hydroxyl groups is 1. The van der Waals surface area contributed by atoms with Crippen molar-refractivity contribution >= 4 is 6.29 Å². The van der Waals surface area contributed by atoms with Gasteiger partial charge in [-0.05, 0) is 36.7 Å². The van der Waals surface area contributed by atoms with E-state index in [-0.39, 0.29) is 6.10 Å². The van der Waals surface area contributed by atoms with Gasteiger partial charge in [-0.15, -0.1) is 0 Å². The summed E-state index contributed by atoms with van der Waals surface area (Å²) in [5.41, 5.74) is 0.933. The van der Waals surface area contributed by atoms with Crippen molar-refractivity contribution in [1.29, 1.82) is 0 Å². The van der Waals surface area contributed by atoms with Crippen LogP contribution in [0.5, 0.6) is 0 Å². The van der Waals surface area contributed by atoms with Crippen LogP contribution in [-0.4, -0.2) is 17.5 Å². The Hall–Kier alpha value is -0.630. The number of allylic oxidation sites excluding steroid dienone is 1. The number of carbonyl (C=O) groups is 1. The molecule has 0 spiro atoms. The third-order valence-electron chi connectivity index (χ3n) is 3.22. The minimum Gasteiger partial charge on any atom is -0.392 e. The normalized spacial score (nSPS) is 40.4. The maximum Gasteiger partial charge on any atom is 0.145 e. The molecule has 0 amide bonds. The van der Waals surface area contributed by atoms with Crippen LogP contribution in [0.4, 0.5) is 0 Å². The number of aliphatic hydroxyl groups excluding tert-OH is 1. The van der Waals surface area contributed by atoms with Crippen molar-refractivity contribution < 1.29 is 9.90 Å². The Morgan fingerprint density at radius 3 is 3.08 bits per heavy atom. The van der Waals surface area contributed by atoms with Gasteiger partial charge in [0.05, 0.1) is 6.10 Å². The Kier molecular flexibility index (Phi) is 2.01. The summed E-state index contributed by atoms with van der Waals surface area (Å²) >= 11 is 0. The average molecular weight is 166 g/mol. The fraction of sp³-hybridized carbons (Fsp3) is 0.700. The van der Waals surface area contributed by atoms with E-state index in [1.165, 1.54) is 0 Å². The molecule has 2 heteroatoms. The maximum absolute atomic E-state index is 10.7. The van der Waals surface area contributed by atoms with Gasteiger partial charge in [0.1, 0.15) is 6.29 Å². The zero-order valence-electron chi connectivity index (χ0n) is 7.07. The van der Waals surface area contributed by atoms with Crippen molar-refractivity contribution in [1.82, 2.24) is 0 Å². The van der Waals surface area contributed by atoms with E-state index in [1.54, 1.807) is 0 Å². The Labute approximate surface area is 72.3 Å². The van der Waals surface area contributed by atoms with Gasteiger partial charge in [-0.2, -0.15) is 0 Å². The van der Waals surface area contributed by atoms with Crippen molar-refractivity contribution in [2.75, 3.05) is 0 Å². The molecule has 2 rings (SSSR count). The third kappa shape index (κ3) is 1.11. The smallest absolute Gasteiger partial charge is 0.145 e. The highest BCUT2D eigenvalue weighted by atomic mass is 16.3. The number of hydrogen-bond acceptors (Lipinski definition) is 2. The number of carbonyl (C=O) groups excluding carboxylic acids is 1. The van der Waals surface area contributed by atoms with Crippen LogP contribution in [0.1, 0.15) is 25.7 Å². The monoisotopic (exact) mass is 166 g/mol. The highest BCUT2D eigenvalue weighted by Gasteiger charge is 2.36. The van der Waals surface area contributed by atoms with Gasteiger partial charge >= 0.3 is 0 Å². The van der Waals surface area contributed by atoms with Crippen molar-refractivity contribution in [3.05, 3.63) is 11.6 Å². The van der Waals surface area contributed by atoms with Gasteiger partial charge in [0, 0.05) is 0 Å². The summed E-state index contributed by atoms with van der Waals surface area (Å²) in [5.74, 6) is 0.737. The van der Waals surface area contributed by atoms with E-state index in [1.807, 2.05) is 6.08 Å². The molecule has 1 fully saturated rings. The number of fused-ring (bicyclic) bond motifs is 1. The first-order valence-corrected chi connectivity index (χ1v) is 4.66. The molecule has 2 aliphatic rings. The lowest BCUT2D eigenvalue weighted by molar-refractivity contribution is -0.105. The Bertz CT molecular complexity index is 220. The summed E-state index contributed by atoms with van der Waals surface area (Å²) in [6.45, 7) is 0. The lowest BCUT2D eigenvalue weighted by Gasteiger charge is -2.28. The minimum atomic E-state index is -0.193. The summed E-state index contributed by atoms with van der Waals surface area (Å²) in [5, 5.41) is 9.63. The number of hydrogen-bond donors (Lipinski definition) is 1. The molecule has 0 saturated heterocycles. The maximum atomic E-state index is 10.7. The number of rotatable bonds is 1. The lowest BCUT2D eigenvalue weighted by Crippen LogP contribution is -2.28. The molecule has 66 valence electrons. The molecule has 2 aliphatic carbocycles. The van der Waals surface area contributed by atoms with Gasteiger partial charge in [0.25, 0.3) is 0 Å². The zero-order chi connectivity index (χ0) is 8.55. The Balaban J connectivity index is 2.23. The quantitative estimate of drug-likeness (QED) is 0.596. The van der Waals surface area contributed by atoms with E-state index < -0.39 is 0 Å². The second-order valence-corrected chi connectivity index (χ2v) is 3.83. The van der Waals surface area contributed by atoms with Crippen LogP contribution in [0.25, 0.3) is 0 Å². The predicted octanol–water partition coefficient (Wildman–Crippen LogP) is 1.29. The summed E-state index contributed by atoms with van der Waals surface area (Å²) in [6, 6.07) is 0. The Morgan fingerprint density at radius 1 is 1.50 bits per heavy atom. The second-order valence-electron chi connectivity index (χ2n) is 3.83. The first kappa shape index (κ1) is 7.99. The topological polar surface area (TPSA) is 37.3 Å². The molecular weight excluding hydrogens is 152 g/mol. The summed E-state index contributed by atoms with van der Waals surface area (Å²) in [6.07, 6.45) is 6.70. The highest BCUT2D eigenvalue weighted by molar-refractivity contribution is 5.74. The Morgan fingerprint density at radius 2 is 2.33 bits per heavy atom. The van der Waals surface area contributed by atoms with E-state index in [4.69, 9.17) is 0 Å². The van der Waals surface area contributed by atoms with E-state index in [9.17, 15) is 9.90 Å². The van der Waals surface area contributed by atoms with Crippen LogP contribution in [0.3, 0.4) is 0 Å². The molecule has 0 aliphatic heterocycles. The van der Waals surface area contributed by atoms with E-state index in [2.05, 4.69) is 0 Å². The molecule has 0 aromatic heterocycles. The van der Waals surface area contributed by atoms with Crippen LogP contribution >= 0.6 is 0 Å². The first-order valence-electron chi connectivity index (χ1n) is 4.66. The molecule has 1 saturated carbocycles. The van der Waals surface area contributed by atoms with Gasteiger partial charge in [-0.25, -0.2) is 0 Å². The lowest BCUT2D eigenvalue weighted by atomic mass is 9.79. The molecular formula is C10H14O2. The third-order valence-corrected chi connectivity index (χ3v) is 3.22. The molecule has 12 heavy (non-hydrogen) atoms. The molecule has 2 nitrogen and oxygen atoms in total. The zero-order valence-corrected chi connectivity index (χ0v) is 7.07. The average Bonchev–Trinajstić information content (AvgIpc) is 2.54. The molecule has 0 radical (unpaired) electrons. The van der Waals surface area contributed by atoms with Crippen LogP contribution < -0.4 is 0 Å². The molecule has 3 unspecified atom stereocenters. The first-order chi connectivity index (χ1) is 5.83. The minimum absolute atomic E-state index is 0.193. The van der Waals surface area contributed by atoms with Gasteiger partial charge in [0.2, 0.25) is 0 Å². The van der Waals surface area contributed by atoms with Gasteiger partial charge in [-0.3, -0.25) is 4.79 Å². The van der Waals surface area contributed by atoms with E-state index in [0.717, 1.165) is 31.1 Å². The van der Waals surface area contributed by atoms with E-state index >= 15 is 0 Å². The second kappa shape index (κ2) is 3.02. The molecule has 1 N–H and O–H groups in total. The highest BCUT2D eigenvalue weighted by Crippen LogP contribution is 2.42. The summed E-state index contributed by atoms with van der Waals surface area (Å²) in [4.78, 5) is 10.7. The fourth-order valence-electron chi connectivity index (χ4n) is 2.58. The van der Waals surface area contributed by atoms with Gasteiger partial charge in [0.15, 0.2) is 0 Å². The largest absolute Gasteiger partial charge is 0.392 e. The van der Waals surface area contributed by atoms with Crippen LogP contribution in [0.2, 0.25) is 0 Å². The summed E-state index contributed by atoms with van der Waals surface area (Å²) < 4.78 is 0. The van der Waals surface area contributed by atoms with Crippen molar-refractivity contribution in [2.45, 2.75) is 31.8 Å². The molecule has 0 aromatic carbocycles.